The molecule has 7 N–H and O–H groups in total. The Bertz CT molecular complexity index is 1290. The van der Waals surface area contributed by atoms with Gasteiger partial charge in [-0.05, 0) is 24.5 Å². The van der Waals surface area contributed by atoms with Crippen molar-refractivity contribution in [3.05, 3.63) is 54.2 Å². The number of carboxylic acid groups (broad SMARTS) is 1. The number of carboxylic acids is 1. The molecule has 2 aromatic heterocycles. The van der Waals surface area contributed by atoms with Crippen LogP contribution >= 0.6 is 12.6 Å². The molecule has 1 fully saturated rings. The van der Waals surface area contributed by atoms with E-state index in [1.165, 1.54) is 11.2 Å². The van der Waals surface area contributed by atoms with Crippen molar-refractivity contribution in [2.24, 2.45) is 5.73 Å². The molecule has 1 aliphatic heterocycles. The van der Waals surface area contributed by atoms with Gasteiger partial charge in [0.25, 0.3) is 0 Å². The Hall–Kier alpha value is -3.84. The third-order valence-corrected chi connectivity index (χ3v) is 7.05. The molecule has 38 heavy (non-hydrogen) atoms. The van der Waals surface area contributed by atoms with Gasteiger partial charge in [0, 0.05) is 54.1 Å². The third kappa shape index (κ3) is 6.17. The van der Waals surface area contributed by atoms with Gasteiger partial charge in [-0.15, -0.1) is 0 Å². The first kappa shape index (κ1) is 27.2. The number of thiol groups is 1. The van der Waals surface area contributed by atoms with Crippen LogP contribution in [0.2, 0.25) is 0 Å². The number of amides is 3. The van der Waals surface area contributed by atoms with Gasteiger partial charge in [-0.1, -0.05) is 18.2 Å². The Kier molecular flexibility index (Phi) is 8.69. The number of carbonyl (C=O) groups is 4. The smallest absolute Gasteiger partial charge is 0.327 e. The van der Waals surface area contributed by atoms with E-state index in [4.69, 9.17) is 5.73 Å². The fraction of sp³-hybridized carbons (Fsp3) is 0.400. The lowest BCUT2D eigenvalue weighted by Gasteiger charge is -2.30. The zero-order valence-electron chi connectivity index (χ0n) is 20.6. The van der Waals surface area contributed by atoms with E-state index in [0.717, 1.165) is 16.5 Å². The summed E-state index contributed by atoms with van der Waals surface area (Å²) in [5, 5.41) is 15.5. The van der Waals surface area contributed by atoms with Crippen LogP contribution in [0.1, 0.15) is 24.1 Å². The molecule has 13 heteroatoms. The number of likely N-dealkylation sites (tertiary alicyclic amines) is 1. The monoisotopic (exact) mass is 541 g/mol. The Labute approximate surface area is 224 Å². The molecule has 1 aliphatic rings. The molecular weight excluding hydrogens is 510 g/mol. The van der Waals surface area contributed by atoms with Crippen molar-refractivity contribution in [1.29, 1.82) is 0 Å². The molecule has 0 radical (unpaired) electrons. The summed E-state index contributed by atoms with van der Waals surface area (Å²) in [6.07, 6.45) is 6.17. The standard InChI is InChI=1S/C25H31N7O5S/c26-17(9-15-11-27-13-29-15)22(33)30-19(8-14-10-28-18-5-2-1-4-16(14)18)24(35)32-7-3-6-21(32)23(34)31-20(12-38)25(36)37/h1-2,4-5,10-11,13,17,19-21,28,38H,3,6-9,12,26H2,(H,27,29)(H,30,33)(H,31,34)(H,36,37). The van der Waals surface area contributed by atoms with Gasteiger partial charge in [0.2, 0.25) is 17.7 Å². The highest BCUT2D eigenvalue weighted by atomic mass is 32.1. The molecule has 12 nitrogen and oxygen atoms in total. The molecule has 0 bridgehead atoms. The molecule has 4 atom stereocenters. The van der Waals surface area contributed by atoms with Gasteiger partial charge >= 0.3 is 5.97 Å². The number of H-pyrrole nitrogens is 2. The van der Waals surface area contributed by atoms with Crippen LogP contribution in [0.3, 0.4) is 0 Å². The van der Waals surface area contributed by atoms with Crippen LogP contribution in [-0.4, -0.2) is 85.1 Å². The van der Waals surface area contributed by atoms with Gasteiger partial charge in [0.05, 0.1) is 12.4 Å². The van der Waals surface area contributed by atoms with Crippen LogP contribution in [-0.2, 0) is 32.0 Å². The minimum atomic E-state index is -1.21. The fourth-order valence-electron chi connectivity index (χ4n) is 4.68. The van der Waals surface area contributed by atoms with E-state index in [9.17, 15) is 24.3 Å². The Balaban J connectivity index is 1.55. The van der Waals surface area contributed by atoms with Gasteiger partial charge in [0.15, 0.2) is 0 Å². The number of aromatic amines is 2. The Morgan fingerprint density at radius 3 is 2.66 bits per heavy atom. The van der Waals surface area contributed by atoms with Crippen LogP contribution < -0.4 is 16.4 Å². The predicted octanol–water partition coefficient (Wildman–Crippen LogP) is -0.0215. The van der Waals surface area contributed by atoms with E-state index in [-0.39, 0.29) is 18.6 Å². The summed E-state index contributed by atoms with van der Waals surface area (Å²) in [5.41, 5.74) is 8.52. The number of nitrogens with zero attached hydrogens (tertiary/aromatic N) is 2. The molecule has 1 aromatic carbocycles. The molecule has 3 heterocycles. The van der Waals surface area contributed by atoms with Gasteiger partial charge in [0.1, 0.15) is 18.1 Å². The first-order valence-corrected chi connectivity index (χ1v) is 12.9. The molecule has 1 saturated heterocycles. The predicted molar refractivity (Wildman–Crippen MR) is 142 cm³/mol. The maximum Gasteiger partial charge on any atom is 0.327 e. The first-order chi connectivity index (χ1) is 18.3. The number of nitrogens with one attached hydrogen (secondary N) is 4. The van der Waals surface area contributed by atoms with E-state index in [0.29, 0.717) is 25.1 Å². The van der Waals surface area contributed by atoms with Crippen molar-refractivity contribution in [1.82, 2.24) is 30.5 Å². The number of para-hydroxylation sites is 1. The largest absolute Gasteiger partial charge is 0.480 e. The van der Waals surface area contributed by atoms with Crippen LogP contribution in [0.5, 0.6) is 0 Å². The lowest BCUT2D eigenvalue weighted by Crippen LogP contribution is -2.57. The third-order valence-electron chi connectivity index (χ3n) is 6.68. The number of hydrogen-bond donors (Lipinski definition) is 7. The first-order valence-electron chi connectivity index (χ1n) is 12.3. The van der Waals surface area contributed by atoms with Gasteiger partial charge < -0.3 is 36.3 Å². The normalized spacial score (nSPS) is 17.6. The molecule has 0 spiro atoms. The number of nitrogens with two attached hydrogens (primary N) is 1. The number of aliphatic carboxylic acids is 1. The highest BCUT2D eigenvalue weighted by Gasteiger charge is 2.39. The van der Waals surface area contributed by atoms with Gasteiger partial charge in [-0.2, -0.15) is 12.6 Å². The highest BCUT2D eigenvalue weighted by molar-refractivity contribution is 7.80. The summed E-state index contributed by atoms with van der Waals surface area (Å²) in [7, 11) is 0. The highest BCUT2D eigenvalue weighted by Crippen LogP contribution is 2.23. The maximum atomic E-state index is 13.8. The molecule has 0 saturated carbocycles. The minimum absolute atomic E-state index is 0.0881. The van der Waals surface area contributed by atoms with Gasteiger partial charge in [-0.25, -0.2) is 9.78 Å². The summed E-state index contributed by atoms with van der Waals surface area (Å²) in [5.74, 6) is -2.81. The minimum Gasteiger partial charge on any atom is -0.480 e. The number of benzene rings is 1. The summed E-state index contributed by atoms with van der Waals surface area (Å²) in [4.78, 5) is 62.6. The number of hydrogen-bond acceptors (Lipinski definition) is 7. The lowest BCUT2D eigenvalue weighted by molar-refractivity contribution is -0.144. The summed E-state index contributed by atoms with van der Waals surface area (Å²) in [6.45, 7) is 0.302. The molecule has 3 amide bonds. The zero-order valence-corrected chi connectivity index (χ0v) is 21.5. The van der Waals surface area contributed by atoms with Crippen molar-refractivity contribution in [2.45, 2.75) is 49.9 Å². The van der Waals surface area contributed by atoms with E-state index >= 15 is 0 Å². The van der Waals surface area contributed by atoms with Crippen molar-refractivity contribution < 1.29 is 24.3 Å². The van der Waals surface area contributed by atoms with Crippen molar-refractivity contribution in [3.63, 3.8) is 0 Å². The van der Waals surface area contributed by atoms with Crippen LogP contribution in [0, 0.1) is 0 Å². The SMILES string of the molecule is NC(Cc1cnc[nH]1)C(=O)NC(Cc1c[nH]c2ccccc12)C(=O)N1CCCC1C(=O)NC(CS)C(=O)O. The van der Waals surface area contributed by atoms with E-state index < -0.39 is 47.9 Å². The van der Waals surface area contributed by atoms with E-state index in [1.807, 2.05) is 24.3 Å². The molecule has 0 aliphatic carbocycles. The Morgan fingerprint density at radius 2 is 1.95 bits per heavy atom. The van der Waals surface area contributed by atoms with Crippen molar-refractivity contribution in [3.8, 4) is 0 Å². The van der Waals surface area contributed by atoms with Crippen molar-refractivity contribution >= 4 is 47.2 Å². The molecular formula is C25H31N7O5S. The molecule has 4 unspecified atom stereocenters. The maximum absolute atomic E-state index is 13.8. The average molecular weight is 542 g/mol. The average Bonchev–Trinajstić information content (AvgIpc) is 3.67. The molecule has 202 valence electrons. The summed E-state index contributed by atoms with van der Waals surface area (Å²) >= 11 is 3.99. The summed E-state index contributed by atoms with van der Waals surface area (Å²) in [6, 6.07) is 3.65. The fourth-order valence-corrected chi connectivity index (χ4v) is 4.93. The summed E-state index contributed by atoms with van der Waals surface area (Å²) < 4.78 is 0. The van der Waals surface area contributed by atoms with Crippen LogP contribution in [0.4, 0.5) is 0 Å². The number of imidazole rings is 1. The second-order valence-electron chi connectivity index (χ2n) is 9.28. The van der Waals surface area contributed by atoms with Crippen LogP contribution in [0.25, 0.3) is 10.9 Å². The number of fused-ring (bicyclic) bond motifs is 1. The number of rotatable bonds is 11. The van der Waals surface area contributed by atoms with E-state index in [2.05, 4.69) is 38.2 Å². The number of aromatic nitrogens is 3. The second kappa shape index (κ2) is 12.1. The molecule has 4 rings (SSSR count). The molecule has 3 aromatic rings. The quantitative estimate of drug-likeness (QED) is 0.166. The van der Waals surface area contributed by atoms with Crippen molar-refractivity contribution in [2.75, 3.05) is 12.3 Å². The second-order valence-corrected chi connectivity index (χ2v) is 9.65. The number of carbonyl (C=O) groups excluding carboxylic acids is 3. The lowest BCUT2D eigenvalue weighted by atomic mass is 10.0. The van der Waals surface area contributed by atoms with Gasteiger partial charge in [-0.3, -0.25) is 14.4 Å². The van der Waals surface area contributed by atoms with Crippen LogP contribution in [0.15, 0.2) is 43.0 Å². The zero-order chi connectivity index (χ0) is 27.2. The topological polar surface area (TPSA) is 186 Å². The van der Waals surface area contributed by atoms with E-state index in [1.54, 1.807) is 12.4 Å². The Morgan fingerprint density at radius 1 is 1.16 bits per heavy atom.